The van der Waals surface area contributed by atoms with E-state index < -0.39 is 0 Å². The molecule has 16 heavy (non-hydrogen) atoms. The third kappa shape index (κ3) is 2.89. The molecule has 4 heteroatoms. The summed E-state index contributed by atoms with van der Waals surface area (Å²) in [5.74, 6) is 1.90. The molecule has 1 amide bonds. The summed E-state index contributed by atoms with van der Waals surface area (Å²) >= 11 is 0. The molecule has 1 atom stereocenters. The number of carbonyl (C=O) groups is 1. The summed E-state index contributed by atoms with van der Waals surface area (Å²) in [5, 5.41) is 3.23. The van der Waals surface area contributed by atoms with E-state index in [0.29, 0.717) is 11.8 Å². The van der Waals surface area contributed by atoms with Crippen LogP contribution in [0.1, 0.15) is 26.2 Å². The molecule has 0 aromatic carbocycles. The molecule has 1 saturated heterocycles. The highest BCUT2D eigenvalue weighted by molar-refractivity contribution is 5.85. The molecule has 1 unspecified atom stereocenters. The standard InChI is InChI=1S/C12H22N2O.ClH/c1-9(11-6-13-7-11)12(15)14(2)8-10-4-3-5-10;/h9-11,13H,3-8H2,1-2H3;1H. The SMILES string of the molecule is CC(C(=O)N(C)CC1CCC1)C1CNC1.Cl. The van der Waals surface area contributed by atoms with Crippen molar-refractivity contribution in [1.29, 1.82) is 0 Å². The summed E-state index contributed by atoms with van der Waals surface area (Å²) in [6.45, 7) is 5.09. The first-order valence-electron chi connectivity index (χ1n) is 6.14. The van der Waals surface area contributed by atoms with E-state index in [2.05, 4.69) is 12.2 Å². The molecule has 1 heterocycles. The van der Waals surface area contributed by atoms with Crippen LogP contribution in [0.3, 0.4) is 0 Å². The fourth-order valence-electron chi connectivity index (χ4n) is 2.37. The zero-order chi connectivity index (χ0) is 10.8. The quantitative estimate of drug-likeness (QED) is 0.816. The Balaban J connectivity index is 0.00000128. The van der Waals surface area contributed by atoms with Crippen molar-refractivity contribution < 1.29 is 4.79 Å². The number of hydrogen-bond acceptors (Lipinski definition) is 2. The van der Waals surface area contributed by atoms with E-state index >= 15 is 0 Å². The monoisotopic (exact) mass is 246 g/mol. The second-order valence-corrected chi connectivity index (χ2v) is 5.22. The Labute approximate surface area is 104 Å². The Morgan fingerprint density at radius 1 is 1.44 bits per heavy atom. The number of rotatable bonds is 4. The van der Waals surface area contributed by atoms with Crippen LogP contribution in [0.2, 0.25) is 0 Å². The molecule has 0 aromatic rings. The fraction of sp³-hybridized carbons (Fsp3) is 0.917. The summed E-state index contributed by atoms with van der Waals surface area (Å²) < 4.78 is 0. The minimum Gasteiger partial charge on any atom is -0.345 e. The molecule has 1 aliphatic heterocycles. The Bertz CT molecular complexity index is 239. The Kier molecular flexibility index (Phi) is 5.06. The van der Waals surface area contributed by atoms with Crippen LogP contribution in [0, 0.1) is 17.8 Å². The van der Waals surface area contributed by atoms with Gasteiger partial charge in [0.05, 0.1) is 0 Å². The summed E-state index contributed by atoms with van der Waals surface area (Å²) in [6.07, 6.45) is 3.99. The maximum absolute atomic E-state index is 12.1. The molecule has 0 aromatic heterocycles. The minimum absolute atomic E-state index is 0. The summed E-state index contributed by atoms with van der Waals surface area (Å²) in [6, 6.07) is 0. The van der Waals surface area contributed by atoms with Crippen molar-refractivity contribution >= 4 is 18.3 Å². The van der Waals surface area contributed by atoms with Crippen molar-refractivity contribution in [2.24, 2.45) is 17.8 Å². The van der Waals surface area contributed by atoms with Gasteiger partial charge in [-0.25, -0.2) is 0 Å². The molecule has 2 aliphatic rings. The molecule has 0 spiro atoms. The van der Waals surface area contributed by atoms with Gasteiger partial charge >= 0.3 is 0 Å². The van der Waals surface area contributed by atoms with E-state index in [9.17, 15) is 4.79 Å². The van der Waals surface area contributed by atoms with Gasteiger partial charge < -0.3 is 10.2 Å². The highest BCUT2D eigenvalue weighted by atomic mass is 35.5. The first-order chi connectivity index (χ1) is 7.18. The van der Waals surface area contributed by atoms with Crippen LogP contribution in [0.4, 0.5) is 0 Å². The molecular weight excluding hydrogens is 224 g/mol. The highest BCUT2D eigenvalue weighted by Gasteiger charge is 2.31. The normalized spacial score (nSPS) is 22.6. The third-order valence-corrected chi connectivity index (χ3v) is 4.04. The van der Waals surface area contributed by atoms with E-state index in [1.165, 1.54) is 19.3 Å². The largest absolute Gasteiger partial charge is 0.345 e. The van der Waals surface area contributed by atoms with E-state index in [1.54, 1.807) is 0 Å². The fourth-order valence-corrected chi connectivity index (χ4v) is 2.37. The number of halogens is 1. The summed E-state index contributed by atoms with van der Waals surface area (Å²) in [4.78, 5) is 14.0. The van der Waals surface area contributed by atoms with Gasteiger partial charge in [0, 0.05) is 19.5 Å². The smallest absolute Gasteiger partial charge is 0.225 e. The molecule has 2 rings (SSSR count). The third-order valence-electron chi connectivity index (χ3n) is 4.04. The number of carbonyl (C=O) groups excluding carboxylic acids is 1. The predicted molar refractivity (Wildman–Crippen MR) is 67.7 cm³/mol. The number of amides is 1. The maximum Gasteiger partial charge on any atom is 0.225 e. The van der Waals surface area contributed by atoms with Gasteiger partial charge in [0.1, 0.15) is 0 Å². The second-order valence-electron chi connectivity index (χ2n) is 5.22. The molecular formula is C12H23ClN2O. The lowest BCUT2D eigenvalue weighted by molar-refractivity contribution is -0.137. The van der Waals surface area contributed by atoms with Crippen molar-refractivity contribution in [2.75, 3.05) is 26.7 Å². The average Bonchev–Trinajstić information content (AvgIpc) is 2.06. The molecule has 2 fully saturated rings. The van der Waals surface area contributed by atoms with E-state index in [1.807, 2.05) is 11.9 Å². The molecule has 0 bridgehead atoms. The second kappa shape index (κ2) is 5.87. The van der Waals surface area contributed by atoms with Gasteiger partial charge in [-0.3, -0.25) is 4.79 Å². The number of nitrogens with one attached hydrogen (secondary N) is 1. The predicted octanol–water partition coefficient (Wildman–Crippen LogP) is 1.52. The van der Waals surface area contributed by atoms with E-state index in [-0.39, 0.29) is 18.3 Å². The topological polar surface area (TPSA) is 32.3 Å². The van der Waals surface area contributed by atoms with Crippen LogP contribution in [0.5, 0.6) is 0 Å². The van der Waals surface area contributed by atoms with Gasteiger partial charge in [-0.05, 0) is 37.8 Å². The first-order valence-corrected chi connectivity index (χ1v) is 6.14. The van der Waals surface area contributed by atoms with Crippen molar-refractivity contribution in [1.82, 2.24) is 10.2 Å². The van der Waals surface area contributed by atoms with Crippen molar-refractivity contribution in [2.45, 2.75) is 26.2 Å². The lowest BCUT2D eigenvalue weighted by Gasteiger charge is -2.36. The van der Waals surface area contributed by atoms with Gasteiger partial charge in [-0.2, -0.15) is 0 Å². The summed E-state index contributed by atoms with van der Waals surface area (Å²) in [7, 11) is 1.96. The average molecular weight is 247 g/mol. The van der Waals surface area contributed by atoms with Crippen LogP contribution in [0.15, 0.2) is 0 Å². The number of nitrogens with zero attached hydrogens (tertiary/aromatic N) is 1. The maximum atomic E-state index is 12.1. The van der Waals surface area contributed by atoms with Crippen molar-refractivity contribution in [3.05, 3.63) is 0 Å². The van der Waals surface area contributed by atoms with Gasteiger partial charge in [0.25, 0.3) is 0 Å². The first kappa shape index (κ1) is 13.8. The lowest BCUT2D eigenvalue weighted by Crippen LogP contribution is -2.50. The Morgan fingerprint density at radius 2 is 2.06 bits per heavy atom. The number of hydrogen-bond donors (Lipinski definition) is 1. The Morgan fingerprint density at radius 3 is 2.44 bits per heavy atom. The summed E-state index contributed by atoms with van der Waals surface area (Å²) in [5.41, 5.74) is 0. The van der Waals surface area contributed by atoms with E-state index in [0.717, 1.165) is 25.6 Å². The minimum atomic E-state index is 0. The molecule has 3 nitrogen and oxygen atoms in total. The zero-order valence-corrected chi connectivity index (χ0v) is 11.1. The van der Waals surface area contributed by atoms with Gasteiger partial charge in [0.2, 0.25) is 5.91 Å². The van der Waals surface area contributed by atoms with Gasteiger partial charge in [0.15, 0.2) is 0 Å². The highest BCUT2D eigenvalue weighted by Crippen LogP contribution is 2.27. The lowest BCUT2D eigenvalue weighted by atomic mass is 9.84. The molecule has 0 radical (unpaired) electrons. The molecule has 1 saturated carbocycles. The van der Waals surface area contributed by atoms with Gasteiger partial charge in [-0.1, -0.05) is 13.3 Å². The van der Waals surface area contributed by atoms with Crippen LogP contribution in [0.25, 0.3) is 0 Å². The van der Waals surface area contributed by atoms with Crippen molar-refractivity contribution in [3.8, 4) is 0 Å². The molecule has 94 valence electrons. The van der Waals surface area contributed by atoms with Crippen LogP contribution < -0.4 is 5.32 Å². The van der Waals surface area contributed by atoms with Crippen molar-refractivity contribution in [3.63, 3.8) is 0 Å². The zero-order valence-electron chi connectivity index (χ0n) is 10.2. The molecule has 1 N–H and O–H groups in total. The molecule has 1 aliphatic carbocycles. The van der Waals surface area contributed by atoms with Crippen LogP contribution in [-0.2, 0) is 4.79 Å². The Hall–Kier alpha value is -0.280. The van der Waals surface area contributed by atoms with Gasteiger partial charge in [-0.15, -0.1) is 12.4 Å². The van der Waals surface area contributed by atoms with E-state index in [4.69, 9.17) is 0 Å². The van der Waals surface area contributed by atoms with Crippen LogP contribution in [-0.4, -0.2) is 37.5 Å². The van der Waals surface area contributed by atoms with Crippen LogP contribution >= 0.6 is 12.4 Å².